The van der Waals surface area contributed by atoms with Crippen molar-refractivity contribution in [3.05, 3.63) is 36.0 Å². The van der Waals surface area contributed by atoms with Gasteiger partial charge in [0.2, 0.25) is 5.91 Å². The second-order valence-corrected chi connectivity index (χ2v) is 4.38. The first-order valence-electron chi connectivity index (χ1n) is 5.58. The fourth-order valence-electron chi connectivity index (χ4n) is 1.93. The van der Waals surface area contributed by atoms with Crippen molar-refractivity contribution in [2.24, 2.45) is 7.05 Å². The van der Waals surface area contributed by atoms with E-state index in [4.69, 9.17) is 11.6 Å². The van der Waals surface area contributed by atoms with E-state index in [0.717, 1.165) is 5.56 Å². The predicted octanol–water partition coefficient (Wildman–Crippen LogP) is 2.42. The van der Waals surface area contributed by atoms with Crippen LogP contribution in [0.2, 0.25) is 0 Å². The van der Waals surface area contributed by atoms with Crippen LogP contribution in [0.3, 0.4) is 0 Å². The van der Waals surface area contributed by atoms with Crippen LogP contribution in [0.4, 0.5) is 0 Å². The number of rotatable bonds is 4. The molecule has 17 heavy (non-hydrogen) atoms. The van der Waals surface area contributed by atoms with Crippen LogP contribution in [0.1, 0.15) is 12.0 Å². The van der Waals surface area contributed by atoms with Crippen LogP contribution in [-0.2, 0) is 18.4 Å². The van der Waals surface area contributed by atoms with Gasteiger partial charge in [0.05, 0.1) is 0 Å². The first-order valence-corrected chi connectivity index (χ1v) is 6.11. The molecule has 0 atom stereocenters. The van der Waals surface area contributed by atoms with Gasteiger partial charge >= 0.3 is 0 Å². The van der Waals surface area contributed by atoms with Gasteiger partial charge in [0.1, 0.15) is 0 Å². The second kappa shape index (κ2) is 5.23. The molecule has 90 valence electrons. The first-order chi connectivity index (χ1) is 8.22. The quantitative estimate of drug-likeness (QED) is 0.831. The molecule has 0 aliphatic carbocycles. The summed E-state index contributed by atoms with van der Waals surface area (Å²) in [6, 6.07) is 8.16. The lowest BCUT2D eigenvalue weighted by Gasteiger charge is -2.02. The van der Waals surface area contributed by atoms with Crippen molar-refractivity contribution in [2.75, 3.05) is 5.88 Å². The Morgan fingerprint density at radius 1 is 1.41 bits per heavy atom. The van der Waals surface area contributed by atoms with E-state index in [0.29, 0.717) is 18.8 Å². The topological polar surface area (TPSA) is 34.0 Å². The Morgan fingerprint density at radius 3 is 2.94 bits per heavy atom. The molecule has 1 aromatic carbocycles. The summed E-state index contributed by atoms with van der Waals surface area (Å²) in [5.41, 5.74) is 2.31. The fourth-order valence-corrected chi connectivity index (χ4v) is 2.11. The van der Waals surface area contributed by atoms with Crippen LogP contribution in [0.25, 0.3) is 10.9 Å². The molecule has 1 aromatic heterocycles. The van der Waals surface area contributed by atoms with Gasteiger partial charge in [0.15, 0.2) is 0 Å². The molecule has 0 aliphatic rings. The molecule has 0 spiro atoms. The molecule has 0 saturated heterocycles. The molecule has 0 bridgehead atoms. The molecule has 1 N–H and O–H groups in total. The zero-order chi connectivity index (χ0) is 12.3. The largest absolute Gasteiger partial charge is 0.352 e. The third-order valence-corrected chi connectivity index (χ3v) is 2.97. The number of aromatic nitrogens is 1. The summed E-state index contributed by atoms with van der Waals surface area (Å²) < 4.78 is 2.07. The minimum Gasteiger partial charge on any atom is -0.352 e. The molecule has 1 amide bonds. The van der Waals surface area contributed by atoms with Gasteiger partial charge < -0.3 is 9.88 Å². The summed E-state index contributed by atoms with van der Waals surface area (Å²) in [5.74, 6) is 0.356. The number of benzene rings is 1. The maximum Gasteiger partial charge on any atom is 0.221 e. The number of fused-ring (bicyclic) bond motifs is 1. The number of carbonyl (C=O) groups excluding carboxylic acids is 1. The van der Waals surface area contributed by atoms with E-state index in [-0.39, 0.29) is 5.91 Å². The van der Waals surface area contributed by atoms with E-state index in [2.05, 4.69) is 22.0 Å². The Hall–Kier alpha value is -1.48. The standard InChI is InChI=1S/C13H15ClN2O/c1-16-9-10(8-15-13(17)6-7-14)11-4-2-3-5-12(11)16/h2-5,9H,6-8H2,1H3,(H,15,17). The molecule has 0 unspecified atom stereocenters. The lowest BCUT2D eigenvalue weighted by molar-refractivity contribution is -0.120. The minimum absolute atomic E-state index is 0.00654. The average Bonchev–Trinajstić information content (AvgIpc) is 2.65. The van der Waals surface area contributed by atoms with E-state index in [9.17, 15) is 4.79 Å². The summed E-state index contributed by atoms with van der Waals surface area (Å²) >= 11 is 5.51. The SMILES string of the molecule is Cn1cc(CNC(=O)CCCl)c2ccccc21. The lowest BCUT2D eigenvalue weighted by Crippen LogP contribution is -2.22. The predicted molar refractivity (Wildman–Crippen MR) is 70.1 cm³/mol. The smallest absolute Gasteiger partial charge is 0.221 e. The van der Waals surface area contributed by atoms with Gasteiger partial charge in [-0.2, -0.15) is 0 Å². The Bertz CT molecular complexity index is 533. The third kappa shape index (κ3) is 2.61. The monoisotopic (exact) mass is 250 g/mol. The highest BCUT2D eigenvalue weighted by Crippen LogP contribution is 2.19. The molecular formula is C13H15ClN2O. The number of alkyl halides is 1. The summed E-state index contributed by atoms with van der Waals surface area (Å²) in [5, 5.41) is 4.05. The zero-order valence-electron chi connectivity index (χ0n) is 9.74. The Labute approximate surface area is 105 Å². The van der Waals surface area contributed by atoms with E-state index < -0.39 is 0 Å². The zero-order valence-corrected chi connectivity index (χ0v) is 10.5. The number of nitrogens with one attached hydrogen (secondary N) is 1. The van der Waals surface area contributed by atoms with Crippen molar-refractivity contribution in [1.82, 2.24) is 9.88 Å². The first kappa shape index (κ1) is 12.0. The summed E-state index contributed by atoms with van der Waals surface area (Å²) in [4.78, 5) is 11.4. The van der Waals surface area contributed by atoms with Crippen molar-refractivity contribution in [2.45, 2.75) is 13.0 Å². The number of hydrogen-bond acceptors (Lipinski definition) is 1. The van der Waals surface area contributed by atoms with Crippen LogP contribution in [0, 0.1) is 0 Å². The summed E-state index contributed by atoms with van der Waals surface area (Å²) in [6.45, 7) is 0.553. The Kier molecular flexibility index (Phi) is 3.69. The van der Waals surface area contributed by atoms with Gasteiger partial charge in [-0.15, -0.1) is 11.6 Å². The molecule has 0 fully saturated rings. The summed E-state index contributed by atoms with van der Waals surface area (Å²) in [7, 11) is 2.01. The van der Waals surface area contributed by atoms with Crippen LogP contribution in [0.15, 0.2) is 30.5 Å². The van der Waals surface area contributed by atoms with Gasteiger partial charge in [-0.3, -0.25) is 4.79 Å². The molecule has 1 heterocycles. The van der Waals surface area contributed by atoms with Gasteiger partial charge in [-0.25, -0.2) is 0 Å². The number of aryl methyl sites for hydroxylation is 1. The van der Waals surface area contributed by atoms with Crippen molar-refractivity contribution in [3.8, 4) is 0 Å². The minimum atomic E-state index is -0.00654. The molecule has 4 heteroatoms. The number of nitrogens with zero attached hydrogens (tertiary/aromatic N) is 1. The molecule has 0 saturated carbocycles. The Morgan fingerprint density at radius 2 is 2.18 bits per heavy atom. The molecule has 0 radical (unpaired) electrons. The van der Waals surface area contributed by atoms with Crippen molar-refractivity contribution in [3.63, 3.8) is 0 Å². The highest BCUT2D eigenvalue weighted by Gasteiger charge is 2.06. The maximum absolute atomic E-state index is 11.4. The lowest BCUT2D eigenvalue weighted by atomic mass is 10.2. The van der Waals surface area contributed by atoms with Gasteiger partial charge in [0, 0.05) is 43.0 Å². The molecule has 0 aliphatic heterocycles. The molecule has 3 nitrogen and oxygen atoms in total. The van der Waals surface area contributed by atoms with Gasteiger partial charge in [-0.1, -0.05) is 18.2 Å². The third-order valence-electron chi connectivity index (χ3n) is 2.78. The molecule has 2 rings (SSSR count). The highest BCUT2D eigenvalue weighted by molar-refractivity contribution is 6.18. The van der Waals surface area contributed by atoms with Crippen LogP contribution >= 0.6 is 11.6 Å². The van der Waals surface area contributed by atoms with E-state index >= 15 is 0 Å². The second-order valence-electron chi connectivity index (χ2n) is 4.00. The fraction of sp³-hybridized carbons (Fsp3) is 0.308. The highest BCUT2D eigenvalue weighted by atomic mass is 35.5. The van der Waals surface area contributed by atoms with Gasteiger partial charge in [0.25, 0.3) is 0 Å². The number of halogens is 1. The maximum atomic E-state index is 11.4. The number of hydrogen-bond donors (Lipinski definition) is 1. The number of para-hydroxylation sites is 1. The Balaban J connectivity index is 2.16. The molecule has 2 aromatic rings. The van der Waals surface area contributed by atoms with Crippen LogP contribution < -0.4 is 5.32 Å². The number of carbonyl (C=O) groups is 1. The molecular weight excluding hydrogens is 236 g/mol. The number of amides is 1. The van der Waals surface area contributed by atoms with Crippen molar-refractivity contribution in [1.29, 1.82) is 0 Å². The van der Waals surface area contributed by atoms with Crippen LogP contribution in [-0.4, -0.2) is 16.4 Å². The normalized spacial score (nSPS) is 10.7. The van der Waals surface area contributed by atoms with E-state index in [1.807, 2.05) is 25.4 Å². The van der Waals surface area contributed by atoms with Crippen LogP contribution in [0.5, 0.6) is 0 Å². The van der Waals surface area contributed by atoms with E-state index in [1.165, 1.54) is 10.9 Å². The average molecular weight is 251 g/mol. The van der Waals surface area contributed by atoms with Crippen molar-refractivity contribution < 1.29 is 4.79 Å². The van der Waals surface area contributed by atoms with Crippen molar-refractivity contribution >= 4 is 28.4 Å². The summed E-state index contributed by atoms with van der Waals surface area (Å²) in [6.07, 6.45) is 2.41. The van der Waals surface area contributed by atoms with E-state index in [1.54, 1.807) is 0 Å². The van der Waals surface area contributed by atoms with Gasteiger partial charge in [-0.05, 0) is 11.6 Å².